The third-order valence-corrected chi connectivity index (χ3v) is 7.51. The van der Waals surface area contributed by atoms with Gasteiger partial charge in [0.1, 0.15) is 18.0 Å². The number of rotatable bonds is 9. The maximum Gasteiger partial charge on any atom is 0.290 e. The van der Waals surface area contributed by atoms with Crippen molar-refractivity contribution >= 4 is 16.9 Å². The van der Waals surface area contributed by atoms with Gasteiger partial charge in [0, 0.05) is 26.2 Å². The summed E-state index contributed by atoms with van der Waals surface area (Å²) in [5.41, 5.74) is 1.65. The van der Waals surface area contributed by atoms with Gasteiger partial charge in [-0.2, -0.15) is 0 Å². The molecule has 1 amide bonds. The minimum atomic E-state index is -0.732. The van der Waals surface area contributed by atoms with Crippen molar-refractivity contribution in [3.05, 3.63) is 105 Å². The Bertz CT molecular complexity index is 1620. The molecule has 0 N–H and O–H groups in total. The fraction of sp³-hybridized carbons (Fsp3) is 0.312. The predicted molar refractivity (Wildman–Crippen MR) is 151 cm³/mol. The van der Waals surface area contributed by atoms with Crippen molar-refractivity contribution in [2.24, 2.45) is 0 Å². The first-order chi connectivity index (χ1) is 20.0. The average molecular weight is 559 g/mol. The van der Waals surface area contributed by atoms with E-state index in [0.29, 0.717) is 56.6 Å². The fourth-order valence-electron chi connectivity index (χ4n) is 5.46. The molecule has 2 aliphatic heterocycles. The van der Waals surface area contributed by atoms with Crippen LogP contribution in [-0.4, -0.2) is 61.7 Å². The number of nitrogens with zero attached hydrogens (tertiary/aromatic N) is 2. The van der Waals surface area contributed by atoms with Gasteiger partial charge >= 0.3 is 0 Å². The minimum Gasteiger partial charge on any atom is -0.490 e. The molecule has 1 atom stereocenters. The lowest BCUT2D eigenvalue weighted by Crippen LogP contribution is -2.42. The van der Waals surface area contributed by atoms with E-state index in [9.17, 15) is 14.0 Å². The molecule has 0 bridgehead atoms. The van der Waals surface area contributed by atoms with Crippen molar-refractivity contribution in [2.75, 3.05) is 46.0 Å². The van der Waals surface area contributed by atoms with Gasteiger partial charge in [-0.3, -0.25) is 14.5 Å². The normalized spacial score (nSPS) is 17.2. The lowest BCUT2D eigenvalue weighted by atomic mass is 9.98. The van der Waals surface area contributed by atoms with Gasteiger partial charge < -0.3 is 23.5 Å². The zero-order chi connectivity index (χ0) is 28.3. The van der Waals surface area contributed by atoms with Gasteiger partial charge in [0.05, 0.1) is 36.8 Å². The predicted octanol–water partition coefficient (Wildman–Crippen LogP) is 4.79. The smallest absolute Gasteiger partial charge is 0.290 e. The standard InChI is InChI=1S/C32H31FN2O6/c1-2-39-27-18-22(8-10-26(27)40-20-21-6-4-3-5-7-21)29-28-30(36)24-19-23(33)9-11-25(24)41-31(28)32(37)35(29)13-12-34-14-16-38-17-15-34/h3-11,18-19,29H,2,12-17,20H2,1H3. The van der Waals surface area contributed by atoms with E-state index in [4.69, 9.17) is 18.6 Å². The zero-order valence-electron chi connectivity index (χ0n) is 22.8. The molecule has 8 nitrogen and oxygen atoms in total. The van der Waals surface area contributed by atoms with E-state index in [-0.39, 0.29) is 28.2 Å². The van der Waals surface area contributed by atoms with Gasteiger partial charge in [-0.05, 0) is 48.4 Å². The topological polar surface area (TPSA) is 81.5 Å². The highest BCUT2D eigenvalue weighted by Gasteiger charge is 2.43. The van der Waals surface area contributed by atoms with Gasteiger partial charge in [0.15, 0.2) is 16.9 Å². The second-order valence-electron chi connectivity index (χ2n) is 10.1. The molecule has 1 unspecified atom stereocenters. The van der Waals surface area contributed by atoms with Crippen LogP contribution in [0.15, 0.2) is 75.9 Å². The zero-order valence-corrected chi connectivity index (χ0v) is 22.8. The quantitative estimate of drug-likeness (QED) is 0.292. The highest BCUT2D eigenvalue weighted by molar-refractivity contribution is 5.99. The van der Waals surface area contributed by atoms with Crippen LogP contribution in [0.2, 0.25) is 0 Å². The van der Waals surface area contributed by atoms with Crippen LogP contribution in [0.4, 0.5) is 4.39 Å². The fourth-order valence-corrected chi connectivity index (χ4v) is 5.46. The monoisotopic (exact) mass is 558 g/mol. The lowest BCUT2D eigenvalue weighted by molar-refractivity contribution is 0.0314. The number of carbonyl (C=O) groups excluding carboxylic acids is 1. The first kappa shape index (κ1) is 27.0. The molecule has 0 saturated carbocycles. The van der Waals surface area contributed by atoms with E-state index >= 15 is 0 Å². The number of halogens is 1. The molecule has 9 heteroatoms. The van der Waals surface area contributed by atoms with Crippen molar-refractivity contribution in [3.8, 4) is 11.5 Å². The number of ether oxygens (including phenoxy) is 3. The summed E-state index contributed by atoms with van der Waals surface area (Å²) in [5, 5.41) is 0.101. The number of amides is 1. The molecular formula is C32H31FN2O6. The number of benzene rings is 3. The number of morpholine rings is 1. The van der Waals surface area contributed by atoms with Crippen molar-refractivity contribution in [1.82, 2.24) is 9.80 Å². The van der Waals surface area contributed by atoms with Crippen molar-refractivity contribution in [3.63, 3.8) is 0 Å². The molecule has 3 heterocycles. The molecule has 212 valence electrons. The summed E-state index contributed by atoms with van der Waals surface area (Å²) < 4.78 is 37.6. The Kier molecular flexibility index (Phi) is 7.71. The van der Waals surface area contributed by atoms with Crippen molar-refractivity contribution in [1.29, 1.82) is 0 Å². The Labute approximate surface area is 236 Å². The third-order valence-electron chi connectivity index (χ3n) is 7.51. The minimum absolute atomic E-state index is 0.0107. The van der Waals surface area contributed by atoms with Gasteiger partial charge in [0.2, 0.25) is 5.76 Å². The van der Waals surface area contributed by atoms with E-state index in [1.54, 1.807) is 11.0 Å². The second kappa shape index (κ2) is 11.7. The van der Waals surface area contributed by atoms with Crippen LogP contribution in [0, 0.1) is 5.82 Å². The molecule has 1 saturated heterocycles. The van der Waals surface area contributed by atoms with E-state index in [2.05, 4.69) is 4.90 Å². The van der Waals surface area contributed by atoms with Gasteiger partial charge in [-0.1, -0.05) is 36.4 Å². The van der Waals surface area contributed by atoms with Gasteiger partial charge in [-0.25, -0.2) is 4.39 Å². The van der Waals surface area contributed by atoms with E-state index in [1.807, 2.05) is 49.4 Å². The third kappa shape index (κ3) is 5.42. The lowest BCUT2D eigenvalue weighted by Gasteiger charge is -2.31. The Hall–Kier alpha value is -4.21. The molecule has 41 heavy (non-hydrogen) atoms. The van der Waals surface area contributed by atoms with Crippen LogP contribution in [0.5, 0.6) is 11.5 Å². The summed E-state index contributed by atoms with van der Waals surface area (Å²) in [7, 11) is 0. The summed E-state index contributed by atoms with van der Waals surface area (Å²) in [6.07, 6.45) is 0. The number of hydrogen-bond donors (Lipinski definition) is 0. The maximum atomic E-state index is 14.1. The number of hydrogen-bond acceptors (Lipinski definition) is 7. The summed E-state index contributed by atoms with van der Waals surface area (Å²) >= 11 is 0. The molecule has 0 radical (unpaired) electrons. The Morgan fingerprint density at radius 1 is 0.927 bits per heavy atom. The molecular weight excluding hydrogens is 527 g/mol. The first-order valence-electron chi connectivity index (χ1n) is 13.8. The van der Waals surface area contributed by atoms with E-state index in [0.717, 1.165) is 24.7 Å². The SMILES string of the molecule is CCOc1cc(C2c3c(oc4ccc(F)cc4c3=O)C(=O)N2CCN2CCOCC2)ccc1OCc1ccccc1. The molecule has 3 aromatic carbocycles. The van der Waals surface area contributed by atoms with Crippen LogP contribution in [0.3, 0.4) is 0 Å². The molecule has 1 aromatic heterocycles. The molecule has 6 rings (SSSR count). The highest BCUT2D eigenvalue weighted by Crippen LogP contribution is 2.41. The highest BCUT2D eigenvalue weighted by atomic mass is 19.1. The summed E-state index contributed by atoms with van der Waals surface area (Å²) in [6.45, 7) is 6.42. The molecule has 1 fully saturated rings. The van der Waals surface area contributed by atoms with Crippen LogP contribution >= 0.6 is 0 Å². The Balaban J connectivity index is 1.40. The average Bonchev–Trinajstić information content (AvgIpc) is 3.28. The number of fused-ring (bicyclic) bond motifs is 2. The van der Waals surface area contributed by atoms with Crippen molar-refractivity contribution < 1.29 is 27.8 Å². The molecule has 2 aliphatic rings. The second-order valence-corrected chi connectivity index (χ2v) is 10.1. The van der Waals surface area contributed by atoms with Crippen LogP contribution in [-0.2, 0) is 11.3 Å². The van der Waals surface area contributed by atoms with Gasteiger partial charge in [0.25, 0.3) is 5.91 Å². The summed E-state index contributed by atoms with van der Waals surface area (Å²) in [4.78, 5) is 31.5. The number of carbonyl (C=O) groups is 1. The van der Waals surface area contributed by atoms with Crippen LogP contribution in [0.1, 0.15) is 40.2 Å². The first-order valence-corrected chi connectivity index (χ1v) is 13.8. The van der Waals surface area contributed by atoms with E-state index < -0.39 is 17.3 Å². The molecule has 4 aromatic rings. The van der Waals surface area contributed by atoms with Crippen LogP contribution in [0.25, 0.3) is 11.0 Å². The van der Waals surface area contributed by atoms with Crippen molar-refractivity contribution in [2.45, 2.75) is 19.6 Å². The van der Waals surface area contributed by atoms with E-state index in [1.165, 1.54) is 12.1 Å². The van der Waals surface area contributed by atoms with Gasteiger partial charge in [-0.15, -0.1) is 0 Å². The largest absolute Gasteiger partial charge is 0.490 e. The summed E-state index contributed by atoms with van der Waals surface area (Å²) in [5.74, 6) is 0.128. The molecule has 0 aliphatic carbocycles. The summed E-state index contributed by atoms with van der Waals surface area (Å²) in [6, 6.07) is 18.3. The van der Waals surface area contributed by atoms with Crippen LogP contribution < -0.4 is 14.9 Å². The Morgan fingerprint density at radius 2 is 1.73 bits per heavy atom. The Morgan fingerprint density at radius 3 is 2.51 bits per heavy atom. The molecule has 0 spiro atoms. The maximum absolute atomic E-state index is 14.1.